The van der Waals surface area contributed by atoms with Crippen molar-refractivity contribution in [2.45, 2.75) is 19.0 Å². The van der Waals surface area contributed by atoms with Gasteiger partial charge in [0.05, 0.1) is 12.3 Å². The Morgan fingerprint density at radius 2 is 1.71 bits per heavy atom. The number of hydrogen-bond acceptors (Lipinski definition) is 5. The molecule has 0 unspecified atom stereocenters. The number of aromatic amines is 1. The molecular formula is C20H21N5O2S. The van der Waals surface area contributed by atoms with Gasteiger partial charge in [-0.1, -0.05) is 60.3 Å². The van der Waals surface area contributed by atoms with Crippen molar-refractivity contribution in [3.63, 3.8) is 0 Å². The monoisotopic (exact) mass is 395 g/mol. The normalized spacial score (nSPS) is 10.5. The van der Waals surface area contributed by atoms with E-state index in [0.29, 0.717) is 11.0 Å². The summed E-state index contributed by atoms with van der Waals surface area (Å²) in [5.41, 5.74) is 3.67. The minimum Gasteiger partial charge on any atom is -0.346 e. The Hall–Kier alpha value is -3.13. The van der Waals surface area contributed by atoms with E-state index in [2.05, 4.69) is 25.8 Å². The second kappa shape index (κ2) is 9.18. The highest BCUT2D eigenvalue weighted by atomic mass is 32.2. The first kappa shape index (κ1) is 19.6. The molecule has 0 saturated carbocycles. The highest BCUT2D eigenvalue weighted by Crippen LogP contribution is 2.20. The molecule has 3 aromatic rings. The maximum absolute atomic E-state index is 12.1. The number of para-hydroxylation sites is 1. The Labute approximate surface area is 167 Å². The molecule has 0 bridgehead atoms. The van der Waals surface area contributed by atoms with Crippen LogP contribution in [0.2, 0.25) is 0 Å². The molecule has 1 heterocycles. The van der Waals surface area contributed by atoms with Crippen LogP contribution in [0.5, 0.6) is 0 Å². The molecule has 2 aromatic carbocycles. The lowest BCUT2D eigenvalue weighted by Crippen LogP contribution is -2.34. The summed E-state index contributed by atoms with van der Waals surface area (Å²) in [6, 6.07) is 15.4. The van der Waals surface area contributed by atoms with Crippen molar-refractivity contribution in [1.82, 2.24) is 20.5 Å². The second-order valence-corrected chi connectivity index (χ2v) is 7.16. The molecular weight excluding hydrogens is 374 g/mol. The van der Waals surface area contributed by atoms with Gasteiger partial charge in [-0.05, 0) is 25.0 Å². The first-order valence-corrected chi connectivity index (χ1v) is 9.75. The third-order valence-electron chi connectivity index (χ3n) is 4.04. The molecule has 0 aliphatic rings. The minimum absolute atomic E-state index is 0.0869. The Kier molecular flexibility index (Phi) is 6.44. The highest BCUT2D eigenvalue weighted by Gasteiger charge is 2.11. The van der Waals surface area contributed by atoms with Crippen molar-refractivity contribution in [1.29, 1.82) is 0 Å². The van der Waals surface area contributed by atoms with Crippen molar-refractivity contribution in [2.75, 3.05) is 17.6 Å². The van der Waals surface area contributed by atoms with Crippen LogP contribution in [0, 0.1) is 13.8 Å². The van der Waals surface area contributed by atoms with Gasteiger partial charge in [0.1, 0.15) is 0 Å². The largest absolute Gasteiger partial charge is 0.346 e. The summed E-state index contributed by atoms with van der Waals surface area (Å²) in [7, 11) is 0. The van der Waals surface area contributed by atoms with Crippen molar-refractivity contribution < 1.29 is 9.59 Å². The lowest BCUT2D eigenvalue weighted by atomic mass is 10.1. The van der Waals surface area contributed by atoms with Gasteiger partial charge in [-0.15, -0.1) is 5.10 Å². The van der Waals surface area contributed by atoms with Crippen LogP contribution in [0.3, 0.4) is 0 Å². The lowest BCUT2D eigenvalue weighted by Gasteiger charge is -2.11. The quantitative estimate of drug-likeness (QED) is 0.534. The summed E-state index contributed by atoms with van der Waals surface area (Å²) in [6.07, 6.45) is 0. The molecule has 28 heavy (non-hydrogen) atoms. The zero-order chi connectivity index (χ0) is 19.9. The summed E-state index contributed by atoms with van der Waals surface area (Å²) >= 11 is 1.21. The van der Waals surface area contributed by atoms with E-state index in [9.17, 15) is 9.59 Å². The molecule has 1 aromatic heterocycles. The van der Waals surface area contributed by atoms with Crippen LogP contribution in [-0.4, -0.2) is 39.3 Å². The number of nitrogens with one attached hydrogen (secondary N) is 3. The minimum atomic E-state index is -0.264. The Morgan fingerprint density at radius 3 is 2.43 bits per heavy atom. The second-order valence-electron chi connectivity index (χ2n) is 6.21. The van der Waals surface area contributed by atoms with Crippen LogP contribution in [0.1, 0.15) is 11.1 Å². The smallest absolute Gasteiger partial charge is 0.243 e. The van der Waals surface area contributed by atoms with Crippen LogP contribution in [0.4, 0.5) is 5.69 Å². The third-order valence-corrected chi connectivity index (χ3v) is 4.88. The number of carbonyl (C=O) groups is 2. The summed E-state index contributed by atoms with van der Waals surface area (Å²) in [4.78, 5) is 28.5. The SMILES string of the molecule is Cc1cccc(C)c1NC(=O)CNC(=O)CSc1n[nH]c(-c2ccccc2)n1. The summed E-state index contributed by atoms with van der Waals surface area (Å²) in [6.45, 7) is 3.77. The predicted octanol–water partition coefficient (Wildman–Crippen LogP) is 2.94. The fraction of sp³-hybridized carbons (Fsp3) is 0.200. The molecule has 3 N–H and O–H groups in total. The van der Waals surface area contributed by atoms with Gasteiger partial charge in [0.25, 0.3) is 0 Å². The standard InChI is InChI=1S/C20H21N5O2S/c1-13-7-6-8-14(2)18(13)22-16(26)11-21-17(27)12-28-20-23-19(24-25-20)15-9-4-3-5-10-15/h3-10H,11-12H2,1-2H3,(H,21,27)(H,22,26)(H,23,24,25). The average molecular weight is 395 g/mol. The lowest BCUT2D eigenvalue weighted by molar-refractivity contribution is -0.122. The van der Waals surface area contributed by atoms with Crippen LogP contribution < -0.4 is 10.6 Å². The number of rotatable bonds is 7. The molecule has 7 nitrogen and oxygen atoms in total. The van der Waals surface area contributed by atoms with Crippen LogP contribution in [0.25, 0.3) is 11.4 Å². The van der Waals surface area contributed by atoms with Gasteiger partial charge in [-0.2, -0.15) is 0 Å². The number of benzene rings is 2. The first-order chi connectivity index (χ1) is 13.5. The number of carbonyl (C=O) groups excluding carboxylic acids is 2. The van der Waals surface area contributed by atoms with Crippen LogP contribution >= 0.6 is 11.8 Å². The van der Waals surface area contributed by atoms with E-state index in [0.717, 1.165) is 22.4 Å². The molecule has 0 spiro atoms. The Balaban J connectivity index is 1.45. The number of H-pyrrole nitrogens is 1. The fourth-order valence-electron chi connectivity index (χ4n) is 2.59. The molecule has 0 saturated heterocycles. The molecule has 0 radical (unpaired) electrons. The third kappa shape index (κ3) is 5.20. The van der Waals surface area contributed by atoms with E-state index in [1.54, 1.807) is 0 Å². The van der Waals surface area contributed by atoms with Crippen molar-refractivity contribution in [2.24, 2.45) is 0 Å². The number of thioether (sulfide) groups is 1. The van der Waals surface area contributed by atoms with E-state index < -0.39 is 0 Å². The molecule has 2 amide bonds. The Bertz CT molecular complexity index is 951. The zero-order valence-corrected chi connectivity index (χ0v) is 16.5. The fourth-order valence-corrected chi connectivity index (χ4v) is 3.22. The molecule has 0 aliphatic heterocycles. The number of anilines is 1. The van der Waals surface area contributed by atoms with Crippen LogP contribution in [0.15, 0.2) is 53.7 Å². The van der Waals surface area contributed by atoms with E-state index in [1.165, 1.54) is 11.8 Å². The zero-order valence-electron chi connectivity index (χ0n) is 15.7. The summed E-state index contributed by atoms with van der Waals surface area (Å²) in [5, 5.41) is 12.9. The molecule has 8 heteroatoms. The van der Waals surface area contributed by atoms with Crippen molar-refractivity contribution in [3.8, 4) is 11.4 Å². The predicted molar refractivity (Wildman–Crippen MR) is 110 cm³/mol. The first-order valence-electron chi connectivity index (χ1n) is 8.76. The number of amides is 2. The van der Waals surface area contributed by atoms with Crippen molar-refractivity contribution in [3.05, 3.63) is 59.7 Å². The average Bonchev–Trinajstić information content (AvgIpc) is 3.17. The van der Waals surface area contributed by atoms with Gasteiger partial charge in [-0.25, -0.2) is 4.98 Å². The van der Waals surface area contributed by atoms with Gasteiger partial charge in [-0.3, -0.25) is 14.7 Å². The van der Waals surface area contributed by atoms with Crippen LogP contribution in [-0.2, 0) is 9.59 Å². The van der Waals surface area contributed by atoms with E-state index in [1.807, 2.05) is 62.4 Å². The number of aryl methyl sites for hydroxylation is 2. The summed E-state index contributed by atoms with van der Waals surface area (Å²) < 4.78 is 0. The van der Waals surface area contributed by atoms with E-state index in [4.69, 9.17) is 0 Å². The van der Waals surface area contributed by atoms with Gasteiger partial charge in [0.15, 0.2) is 5.82 Å². The number of aromatic nitrogens is 3. The Morgan fingerprint density at radius 1 is 1.00 bits per heavy atom. The molecule has 144 valence electrons. The molecule has 3 rings (SSSR count). The van der Waals surface area contributed by atoms with Gasteiger partial charge < -0.3 is 10.6 Å². The maximum Gasteiger partial charge on any atom is 0.243 e. The van der Waals surface area contributed by atoms with E-state index in [-0.39, 0.29) is 24.1 Å². The summed E-state index contributed by atoms with van der Waals surface area (Å²) in [5.74, 6) is 0.257. The number of hydrogen-bond donors (Lipinski definition) is 3. The van der Waals surface area contributed by atoms with Gasteiger partial charge in [0.2, 0.25) is 17.0 Å². The topological polar surface area (TPSA) is 99.8 Å². The molecule has 0 fully saturated rings. The van der Waals surface area contributed by atoms with Crippen molar-refractivity contribution >= 4 is 29.3 Å². The van der Waals surface area contributed by atoms with E-state index >= 15 is 0 Å². The van der Waals surface area contributed by atoms with Gasteiger partial charge >= 0.3 is 0 Å². The van der Waals surface area contributed by atoms with Gasteiger partial charge in [0, 0.05) is 11.3 Å². The highest BCUT2D eigenvalue weighted by molar-refractivity contribution is 7.99. The molecule has 0 atom stereocenters. The maximum atomic E-state index is 12.1. The molecule has 0 aliphatic carbocycles. The number of nitrogens with zero attached hydrogens (tertiary/aromatic N) is 2.